The Morgan fingerprint density at radius 3 is 2.35 bits per heavy atom. The largest absolute Gasteiger partial charge is 0.460 e. The van der Waals surface area contributed by atoms with E-state index in [1.165, 1.54) is 6.07 Å². The molecule has 3 aromatic rings. The van der Waals surface area contributed by atoms with E-state index in [1.54, 1.807) is 17.0 Å². The van der Waals surface area contributed by atoms with Gasteiger partial charge in [0.25, 0.3) is 0 Å². The van der Waals surface area contributed by atoms with E-state index in [0.717, 1.165) is 11.6 Å². The summed E-state index contributed by atoms with van der Waals surface area (Å²) in [5.41, 5.74) is 0.949. The Morgan fingerprint density at radius 1 is 0.941 bits per heavy atom. The van der Waals surface area contributed by atoms with Crippen LogP contribution in [0.5, 0.6) is 11.5 Å². The summed E-state index contributed by atoms with van der Waals surface area (Å²) in [6.45, 7) is 4.12. The average Bonchev–Trinajstić information content (AvgIpc) is 3.21. The van der Waals surface area contributed by atoms with E-state index in [0.29, 0.717) is 17.1 Å². The number of fused-ring (bicyclic) bond motifs is 1. The van der Waals surface area contributed by atoms with Crippen molar-refractivity contribution in [1.29, 1.82) is 0 Å². The molecular formula is C27H26F3NO3. The first-order valence-corrected chi connectivity index (χ1v) is 11.1. The van der Waals surface area contributed by atoms with Gasteiger partial charge in [-0.25, -0.2) is 0 Å². The molecule has 1 aliphatic heterocycles. The highest BCUT2D eigenvalue weighted by Crippen LogP contribution is 2.38. The van der Waals surface area contributed by atoms with Gasteiger partial charge in [-0.05, 0) is 52.9 Å². The molecule has 1 atom stereocenters. The lowest BCUT2D eigenvalue weighted by molar-refractivity contribution is -0.153. The number of hydrogen-bond donors (Lipinski definition) is 0. The standard InChI is InChI=1S/C27H26F3NO3/c1-18(2)25(31-15-20-9-7-13-24(23(20)16-31)27(28,29)30)26(32)33-17-19-8-6-12-22(14-19)34-21-10-4-3-5-11-21/h3-14,18,25H,15-17H2,1-2H3. The molecule has 1 heterocycles. The van der Waals surface area contributed by atoms with Gasteiger partial charge in [-0.15, -0.1) is 0 Å². The molecule has 4 rings (SSSR count). The van der Waals surface area contributed by atoms with Gasteiger partial charge in [0.05, 0.1) is 5.56 Å². The topological polar surface area (TPSA) is 38.8 Å². The fourth-order valence-corrected chi connectivity index (χ4v) is 4.32. The second-order valence-corrected chi connectivity index (χ2v) is 8.71. The van der Waals surface area contributed by atoms with Crippen molar-refractivity contribution in [3.63, 3.8) is 0 Å². The minimum atomic E-state index is -4.43. The van der Waals surface area contributed by atoms with Crippen LogP contribution in [0.3, 0.4) is 0 Å². The molecule has 0 bridgehead atoms. The average molecular weight is 470 g/mol. The molecule has 1 unspecified atom stereocenters. The van der Waals surface area contributed by atoms with E-state index >= 15 is 0 Å². The van der Waals surface area contributed by atoms with Crippen molar-refractivity contribution >= 4 is 5.97 Å². The minimum absolute atomic E-state index is 0.0443. The number of benzene rings is 3. The molecule has 0 saturated carbocycles. The Morgan fingerprint density at radius 2 is 1.65 bits per heavy atom. The molecule has 34 heavy (non-hydrogen) atoms. The van der Waals surface area contributed by atoms with Crippen LogP contribution in [0.2, 0.25) is 0 Å². The lowest BCUT2D eigenvalue weighted by Crippen LogP contribution is -2.42. The molecule has 4 nitrogen and oxygen atoms in total. The maximum atomic E-state index is 13.4. The van der Waals surface area contributed by atoms with Gasteiger partial charge in [0.15, 0.2) is 0 Å². The van der Waals surface area contributed by atoms with Crippen LogP contribution in [0.1, 0.15) is 36.1 Å². The van der Waals surface area contributed by atoms with Crippen molar-refractivity contribution in [2.75, 3.05) is 0 Å². The second-order valence-electron chi connectivity index (χ2n) is 8.71. The predicted octanol–water partition coefficient (Wildman–Crippen LogP) is 6.58. The minimum Gasteiger partial charge on any atom is -0.460 e. The zero-order chi connectivity index (χ0) is 24.3. The number of nitrogens with zero attached hydrogens (tertiary/aromatic N) is 1. The molecule has 0 radical (unpaired) electrons. The highest BCUT2D eigenvalue weighted by atomic mass is 19.4. The molecule has 0 aromatic heterocycles. The van der Waals surface area contributed by atoms with Gasteiger partial charge in [0.2, 0.25) is 0 Å². The lowest BCUT2D eigenvalue weighted by atomic mass is 10.0. The number of carbonyl (C=O) groups excluding carboxylic acids is 1. The number of halogens is 3. The van der Waals surface area contributed by atoms with Crippen LogP contribution in [0.4, 0.5) is 13.2 Å². The summed E-state index contributed by atoms with van der Waals surface area (Å²) in [4.78, 5) is 14.8. The van der Waals surface area contributed by atoms with Gasteiger partial charge < -0.3 is 9.47 Å². The van der Waals surface area contributed by atoms with Crippen molar-refractivity contribution in [2.24, 2.45) is 5.92 Å². The Labute approximate surface area is 196 Å². The van der Waals surface area contributed by atoms with Gasteiger partial charge in [0, 0.05) is 13.1 Å². The highest BCUT2D eigenvalue weighted by molar-refractivity contribution is 5.76. The number of carbonyl (C=O) groups is 1. The Kier molecular flexibility index (Phi) is 6.93. The van der Waals surface area contributed by atoms with E-state index in [9.17, 15) is 18.0 Å². The number of hydrogen-bond acceptors (Lipinski definition) is 4. The first-order chi connectivity index (χ1) is 16.2. The SMILES string of the molecule is CC(C)C(C(=O)OCc1cccc(Oc2ccccc2)c1)N1Cc2cccc(C(F)(F)F)c2C1. The maximum Gasteiger partial charge on any atom is 0.416 e. The van der Waals surface area contributed by atoms with Crippen LogP contribution in [0.15, 0.2) is 72.8 Å². The number of ether oxygens (including phenoxy) is 2. The zero-order valence-electron chi connectivity index (χ0n) is 19.0. The molecule has 3 aromatic carbocycles. The molecular weight excluding hydrogens is 443 g/mol. The monoisotopic (exact) mass is 469 g/mol. The molecule has 0 fully saturated rings. The summed E-state index contributed by atoms with van der Waals surface area (Å²) in [7, 11) is 0. The Hall–Kier alpha value is -3.32. The molecule has 0 saturated heterocycles. The molecule has 0 aliphatic carbocycles. The number of alkyl halides is 3. The van der Waals surface area contributed by atoms with Crippen LogP contribution in [-0.2, 0) is 35.4 Å². The molecule has 0 amide bonds. The van der Waals surface area contributed by atoms with Crippen molar-refractivity contribution in [1.82, 2.24) is 4.90 Å². The van der Waals surface area contributed by atoms with E-state index in [2.05, 4.69) is 0 Å². The third-order valence-corrected chi connectivity index (χ3v) is 5.84. The van der Waals surface area contributed by atoms with E-state index in [4.69, 9.17) is 9.47 Å². The van der Waals surface area contributed by atoms with Crippen LogP contribution in [0.25, 0.3) is 0 Å². The van der Waals surface area contributed by atoms with Crippen LogP contribution < -0.4 is 4.74 Å². The molecule has 7 heteroatoms. The summed E-state index contributed by atoms with van der Waals surface area (Å²) in [5.74, 6) is 0.729. The highest BCUT2D eigenvalue weighted by Gasteiger charge is 2.40. The van der Waals surface area contributed by atoms with Gasteiger partial charge in [-0.2, -0.15) is 13.2 Å². The van der Waals surface area contributed by atoms with Crippen LogP contribution in [-0.4, -0.2) is 16.9 Å². The molecule has 0 N–H and O–H groups in total. The number of rotatable bonds is 7. The predicted molar refractivity (Wildman–Crippen MR) is 122 cm³/mol. The van der Waals surface area contributed by atoms with Gasteiger partial charge in [-0.3, -0.25) is 9.69 Å². The molecule has 1 aliphatic rings. The summed E-state index contributed by atoms with van der Waals surface area (Å²) in [6.07, 6.45) is -4.43. The van der Waals surface area contributed by atoms with E-state index in [-0.39, 0.29) is 31.2 Å². The van der Waals surface area contributed by atoms with Crippen molar-refractivity contribution in [2.45, 2.75) is 45.8 Å². The second kappa shape index (κ2) is 9.89. The number of esters is 1. The Balaban J connectivity index is 1.43. The third-order valence-electron chi connectivity index (χ3n) is 5.84. The van der Waals surface area contributed by atoms with Crippen molar-refractivity contribution in [3.8, 4) is 11.5 Å². The fraction of sp³-hybridized carbons (Fsp3) is 0.296. The third kappa shape index (κ3) is 5.42. The molecule has 0 spiro atoms. The van der Waals surface area contributed by atoms with E-state index < -0.39 is 23.8 Å². The van der Waals surface area contributed by atoms with Gasteiger partial charge in [0.1, 0.15) is 24.1 Å². The van der Waals surface area contributed by atoms with Gasteiger partial charge >= 0.3 is 12.1 Å². The smallest absolute Gasteiger partial charge is 0.416 e. The summed E-state index contributed by atoms with van der Waals surface area (Å²) in [6, 6.07) is 20.1. The first-order valence-electron chi connectivity index (χ1n) is 11.1. The summed E-state index contributed by atoms with van der Waals surface area (Å²) >= 11 is 0. The Bertz CT molecular complexity index is 1150. The summed E-state index contributed by atoms with van der Waals surface area (Å²) < 4.78 is 51.8. The quantitative estimate of drug-likeness (QED) is 0.367. The normalized spacial score (nSPS) is 14.6. The van der Waals surface area contributed by atoms with Gasteiger partial charge in [-0.1, -0.05) is 56.3 Å². The summed E-state index contributed by atoms with van der Waals surface area (Å²) in [5, 5.41) is 0. The van der Waals surface area contributed by atoms with Crippen molar-refractivity contribution in [3.05, 3.63) is 95.1 Å². The number of para-hydroxylation sites is 1. The van der Waals surface area contributed by atoms with Crippen LogP contribution in [0, 0.1) is 5.92 Å². The first kappa shape index (κ1) is 23.8. The van der Waals surface area contributed by atoms with Crippen molar-refractivity contribution < 1.29 is 27.4 Å². The molecule has 178 valence electrons. The van der Waals surface area contributed by atoms with Crippen LogP contribution >= 0.6 is 0 Å². The zero-order valence-corrected chi connectivity index (χ0v) is 19.0. The lowest BCUT2D eigenvalue weighted by Gasteiger charge is -2.29. The van der Waals surface area contributed by atoms with E-state index in [1.807, 2.05) is 62.4 Å². The maximum absolute atomic E-state index is 13.4. The fourth-order valence-electron chi connectivity index (χ4n) is 4.32.